The Hall–Kier alpha value is -1.82. The van der Waals surface area contributed by atoms with Gasteiger partial charge in [-0.15, -0.1) is 0 Å². The number of hydrogen-bond donors (Lipinski definition) is 1. The van der Waals surface area contributed by atoms with Crippen molar-refractivity contribution in [2.45, 2.75) is 12.8 Å². The minimum Gasteiger partial charge on any atom is -0.494 e. The van der Waals surface area contributed by atoms with Crippen LogP contribution in [0.4, 0.5) is 14.9 Å². The summed E-state index contributed by atoms with van der Waals surface area (Å²) < 4.78 is 23.7. The largest absolute Gasteiger partial charge is 0.494 e. The van der Waals surface area contributed by atoms with Crippen LogP contribution in [-0.4, -0.2) is 44.8 Å². The fourth-order valence-electron chi connectivity index (χ4n) is 2.36. The molecular formula is C15H21FN2O3. The van der Waals surface area contributed by atoms with Gasteiger partial charge in [-0.25, -0.2) is 9.18 Å². The molecule has 0 spiro atoms. The van der Waals surface area contributed by atoms with Crippen LogP contribution in [0.5, 0.6) is 5.75 Å². The van der Waals surface area contributed by atoms with E-state index in [9.17, 15) is 9.18 Å². The number of anilines is 1. The molecule has 1 aromatic carbocycles. The van der Waals surface area contributed by atoms with Gasteiger partial charge in [-0.2, -0.15) is 0 Å². The fraction of sp³-hybridized carbons (Fsp3) is 0.533. The minimum atomic E-state index is -0.498. The van der Waals surface area contributed by atoms with Crippen LogP contribution in [0.15, 0.2) is 18.2 Å². The number of nitrogens with one attached hydrogen (secondary N) is 1. The Kier molecular flexibility index (Phi) is 5.38. The number of nitrogens with zero attached hydrogens (tertiary/aromatic N) is 1. The molecule has 21 heavy (non-hydrogen) atoms. The van der Waals surface area contributed by atoms with Gasteiger partial charge in [0, 0.05) is 38.6 Å². The standard InChI is InChI=1S/C15H21FN2O3/c1-18(10-11-5-7-21-8-6-11)15(19)17-12-3-4-14(20-2)13(16)9-12/h3-4,9,11H,5-8,10H2,1-2H3,(H,17,19). The SMILES string of the molecule is COc1ccc(NC(=O)N(C)CC2CCOCC2)cc1F. The van der Waals surface area contributed by atoms with E-state index in [1.54, 1.807) is 18.0 Å². The maximum absolute atomic E-state index is 13.6. The van der Waals surface area contributed by atoms with Crippen molar-refractivity contribution in [3.05, 3.63) is 24.0 Å². The van der Waals surface area contributed by atoms with Gasteiger partial charge in [0.2, 0.25) is 0 Å². The van der Waals surface area contributed by atoms with E-state index in [4.69, 9.17) is 9.47 Å². The molecule has 0 atom stereocenters. The first kappa shape index (κ1) is 15.6. The summed E-state index contributed by atoms with van der Waals surface area (Å²) in [7, 11) is 3.14. The molecule has 5 nitrogen and oxygen atoms in total. The van der Waals surface area contributed by atoms with E-state index in [-0.39, 0.29) is 11.8 Å². The molecule has 0 aromatic heterocycles. The Balaban J connectivity index is 1.89. The number of carbonyl (C=O) groups excluding carboxylic acids is 1. The summed E-state index contributed by atoms with van der Waals surface area (Å²) in [6.07, 6.45) is 1.93. The molecule has 0 bridgehead atoms. The third-order valence-corrected chi connectivity index (χ3v) is 3.62. The van der Waals surface area contributed by atoms with Gasteiger partial charge in [-0.1, -0.05) is 0 Å². The highest BCUT2D eigenvalue weighted by molar-refractivity contribution is 5.89. The summed E-state index contributed by atoms with van der Waals surface area (Å²) in [6, 6.07) is 4.11. The number of benzene rings is 1. The predicted molar refractivity (Wildman–Crippen MR) is 78.1 cm³/mol. The zero-order valence-electron chi connectivity index (χ0n) is 12.4. The molecule has 0 unspecified atom stereocenters. The molecule has 0 aliphatic carbocycles. The van der Waals surface area contributed by atoms with Crippen LogP contribution in [0.2, 0.25) is 0 Å². The second-order valence-electron chi connectivity index (χ2n) is 5.22. The first-order chi connectivity index (χ1) is 10.1. The average Bonchev–Trinajstić information content (AvgIpc) is 2.48. The number of amides is 2. The maximum Gasteiger partial charge on any atom is 0.321 e. The highest BCUT2D eigenvalue weighted by atomic mass is 19.1. The van der Waals surface area contributed by atoms with Crippen molar-refractivity contribution in [2.24, 2.45) is 5.92 Å². The zero-order chi connectivity index (χ0) is 15.2. The van der Waals surface area contributed by atoms with E-state index in [1.165, 1.54) is 19.2 Å². The van der Waals surface area contributed by atoms with Crippen LogP contribution in [0, 0.1) is 11.7 Å². The van der Waals surface area contributed by atoms with E-state index < -0.39 is 5.82 Å². The molecule has 116 valence electrons. The van der Waals surface area contributed by atoms with Crippen LogP contribution in [0.1, 0.15) is 12.8 Å². The smallest absolute Gasteiger partial charge is 0.321 e. The summed E-state index contributed by atoms with van der Waals surface area (Å²) in [6.45, 7) is 2.18. The number of hydrogen-bond acceptors (Lipinski definition) is 3. The molecule has 1 fully saturated rings. The molecule has 1 heterocycles. The molecule has 2 rings (SSSR count). The second-order valence-corrected chi connectivity index (χ2v) is 5.22. The number of rotatable bonds is 4. The van der Waals surface area contributed by atoms with Crippen LogP contribution < -0.4 is 10.1 Å². The number of urea groups is 1. The Labute approximate surface area is 124 Å². The molecular weight excluding hydrogens is 275 g/mol. The highest BCUT2D eigenvalue weighted by Gasteiger charge is 2.18. The molecule has 1 aliphatic heterocycles. The molecule has 1 aliphatic rings. The lowest BCUT2D eigenvalue weighted by Crippen LogP contribution is -2.36. The quantitative estimate of drug-likeness (QED) is 0.929. The molecule has 2 amide bonds. The topological polar surface area (TPSA) is 50.8 Å². The fourth-order valence-corrected chi connectivity index (χ4v) is 2.36. The van der Waals surface area contributed by atoms with Crippen molar-refractivity contribution < 1.29 is 18.7 Å². The molecule has 0 saturated carbocycles. The Morgan fingerprint density at radius 3 is 2.81 bits per heavy atom. The van der Waals surface area contributed by atoms with Gasteiger partial charge in [-0.05, 0) is 30.9 Å². The first-order valence-corrected chi connectivity index (χ1v) is 7.03. The van der Waals surface area contributed by atoms with Crippen molar-refractivity contribution in [2.75, 3.05) is 39.2 Å². The number of halogens is 1. The van der Waals surface area contributed by atoms with Gasteiger partial charge in [-0.3, -0.25) is 0 Å². The summed E-state index contributed by atoms with van der Waals surface area (Å²) in [5.74, 6) is 0.119. The van der Waals surface area contributed by atoms with E-state index >= 15 is 0 Å². The van der Waals surface area contributed by atoms with Crippen LogP contribution >= 0.6 is 0 Å². The lowest BCUT2D eigenvalue weighted by Gasteiger charge is -2.27. The third-order valence-electron chi connectivity index (χ3n) is 3.62. The maximum atomic E-state index is 13.6. The second kappa shape index (κ2) is 7.26. The van der Waals surface area contributed by atoms with E-state index in [0.717, 1.165) is 26.1 Å². The summed E-state index contributed by atoms with van der Waals surface area (Å²) >= 11 is 0. The third kappa shape index (κ3) is 4.32. The lowest BCUT2D eigenvalue weighted by molar-refractivity contribution is 0.0592. The van der Waals surface area contributed by atoms with Gasteiger partial charge in [0.1, 0.15) is 0 Å². The van der Waals surface area contributed by atoms with E-state index in [1.807, 2.05) is 0 Å². The van der Waals surface area contributed by atoms with E-state index in [2.05, 4.69) is 5.32 Å². The number of ether oxygens (including phenoxy) is 2. The number of carbonyl (C=O) groups is 1. The normalized spacial score (nSPS) is 15.6. The van der Waals surface area contributed by atoms with Crippen molar-refractivity contribution in [3.8, 4) is 5.75 Å². The van der Waals surface area contributed by atoms with E-state index in [0.29, 0.717) is 18.2 Å². The molecule has 0 radical (unpaired) electrons. The molecule has 6 heteroatoms. The average molecular weight is 296 g/mol. The summed E-state index contributed by atoms with van der Waals surface area (Å²) in [5.41, 5.74) is 0.414. The molecule has 1 aromatic rings. The first-order valence-electron chi connectivity index (χ1n) is 7.03. The van der Waals surface area contributed by atoms with Crippen molar-refractivity contribution in [1.29, 1.82) is 0 Å². The Morgan fingerprint density at radius 1 is 1.48 bits per heavy atom. The molecule has 1 saturated heterocycles. The molecule has 1 N–H and O–H groups in total. The van der Waals surface area contributed by atoms with Crippen molar-refractivity contribution >= 4 is 11.7 Å². The minimum absolute atomic E-state index is 0.156. The van der Waals surface area contributed by atoms with Crippen LogP contribution in [0.3, 0.4) is 0 Å². The number of methoxy groups -OCH3 is 1. The Bertz CT molecular complexity index is 490. The predicted octanol–water partition coefficient (Wildman–Crippen LogP) is 2.72. The van der Waals surface area contributed by atoms with Gasteiger partial charge < -0.3 is 19.7 Å². The zero-order valence-corrected chi connectivity index (χ0v) is 12.4. The van der Waals surface area contributed by atoms with Crippen LogP contribution in [0.25, 0.3) is 0 Å². The highest BCUT2D eigenvalue weighted by Crippen LogP contribution is 2.21. The van der Waals surface area contributed by atoms with Gasteiger partial charge in [0.05, 0.1) is 7.11 Å². The lowest BCUT2D eigenvalue weighted by atomic mass is 10.00. The van der Waals surface area contributed by atoms with Crippen molar-refractivity contribution in [1.82, 2.24) is 4.90 Å². The summed E-state index contributed by atoms with van der Waals surface area (Å²) in [5, 5.41) is 2.68. The Morgan fingerprint density at radius 2 is 2.19 bits per heavy atom. The van der Waals surface area contributed by atoms with Crippen molar-refractivity contribution in [3.63, 3.8) is 0 Å². The van der Waals surface area contributed by atoms with Gasteiger partial charge in [0.25, 0.3) is 0 Å². The van der Waals surface area contributed by atoms with Gasteiger partial charge in [0.15, 0.2) is 11.6 Å². The van der Waals surface area contributed by atoms with Gasteiger partial charge >= 0.3 is 6.03 Å². The summed E-state index contributed by atoms with van der Waals surface area (Å²) in [4.78, 5) is 13.7. The van der Waals surface area contributed by atoms with Crippen LogP contribution in [-0.2, 0) is 4.74 Å². The monoisotopic (exact) mass is 296 g/mol.